The summed E-state index contributed by atoms with van der Waals surface area (Å²) in [7, 11) is -2.49. The molecule has 0 unspecified atom stereocenters. The number of aliphatic carboxylic acids is 1. The van der Waals surface area contributed by atoms with Gasteiger partial charge in [0.25, 0.3) is 0 Å². The number of hydrogen-bond acceptors (Lipinski definition) is 9. The highest BCUT2D eigenvalue weighted by atomic mass is 28.4. The molecule has 4 atom stereocenters. The van der Waals surface area contributed by atoms with Crippen molar-refractivity contribution in [3.63, 3.8) is 0 Å². The van der Waals surface area contributed by atoms with Crippen LogP contribution in [0.1, 0.15) is 83.1 Å². The molecule has 2 rings (SSSR count). The number of methoxy groups -OCH3 is 1. The summed E-state index contributed by atoms with van der Waals surface area (Å²) in [5.41, 5.74) is -1.15. The van der Waals surface area contributed by atoms with E-state index in [1.54, 1.807) is 25.7 Å². The van der Waals surface area contributed by atoms with Gasteiger partial charge in [0, 0.05) is 51.2 Å². The molecule has 0 spiro atoms. The van der Waals surface area contributed by atoms with Crippen molar-refractivity contribution in [2.75, 3.05) is 46.5 Å². The summed E-state index contributed by atoms with van der Waals surface area (Å²) in [4.78, 5) is 51.4. The molecule has 49 heavy (non-hydrogen) atoms. The maximum Gasteiger partial charge on any atom is 0.410 e. The summed E-state index contributed by atoms with van der Waals surface area (Å²) in [6.45, 7) is 34.6. The van der Waals surface area contributed by atoms with Gasteiger partial charge in [0.2, 0.25) is 0 Å². The Morgan fingerprint density at radius 1 is 0.612 bits per heavy atom. The molecule has 1 N–H and O–H groups in total. The lowest BCUT2D eigenvalue weighted by molar-refractivity contribution is -0.146. The van der Waals surface area contributed by atoms with Crippen molar-refractivity contribution >= 4 is 40.8 Å². The summed E-state index contributed by atoms with van der Waals surface area (Å²) < 4.78 is 28.2. The summed E-state index contributed by atoms with van der Waals surface area (Å²) in [6.07, 6.45) is -0.847. The predicted octanol–water partition coefficient (Wildman–Crippen LogP) is 7.24. The quantitative estimate of drug-likeness (QED) is 0.154. The van der Waals surface area contributed by atoms with Crippen molar-refractivity contribution in [1.29, 1.82) is 0 Å². The summed E-state index contributed by atoms with van der Waals surface area (Å²) in [5.74, 6) is -2.44. The summed E-state index contributed by atoms with van der Waals surface area (Å²) >= 11 is 0. The zero-order valence-corrected chi connectivity index (χ0v) is 35.6. The van der Waals surface area contributed by atoms with Gasteiger partial charge in [0.15, 0.2) is 16.6 Å². The van der Waals surface area contributed by atoms with Gasteiger partial charge in [0.1, 0.15) is 11.2 Å². The molecule has 0 aliphatic carbocycles. The highest BCUT2D eigenvalue weighted by Crippen LogP contribution is 2.39. The number of hydrogen-bond donors (Lipinski definition) is 1. The van der Waals surface area contributed by atoms with Crippen LogP contribution in [0.15, 0.2) is 0 Å². The van der Waals surface area contributed by atoms with Gasteiger partial charge in [-0.05, 0) is 77.8 Å². The molecule has 2 heterocycles. The third-order valence-electron chi connectivity index (χ3n) is 9.94. The van der Waals surface area contributed by atoms with E-state index < -0.39 is 51.9 Å². The maximum atomic E-state index is 12.3. The Bertz CT molecular complexity index is 1150. The fourth-order valence-electron chi connectivity index (χ4n) is 4.79. The van der Waals surface area contributed by atoms with Gasteiger partial charge >= 0.3 is 24.1 Å². The molecular weight excluding hydrogens is 665 g/mol. The standard InChI is InChI=1S/C18H35NO5Si.C17H33NO5Si/c1-17(2,3)24-16(21)19-10-13(14(11-19)15(20)22-7)12-23-25(8,9)18(4,5)6;1-16(2,3)23-15(21)18-9-12(13(10-18)14(19)20)11-22-24(7,8)17(4,5)6/h13-14H,10-12H2,1-9H3;12-13H,9-11H2,1-8H3,(H,19,20)/t13-,14+;12-,13+/m11/s1. The molecule has 2 aliphatic rings. The first-order chi connectivity index (χ1) is 21.8. The van der Waals surface area contributed by atoms with Crippen LogP contribution in [0.4, 0.5) is 9.59 Å². The second-order valence-corrected chi connectivity index (χ2v) is 28.1. The number of amides is 2. The minimum Gasteiger partial charge on any atom is -0.481 e. The van der Waals surface area contributed by atoms with Crippen molar-refractivity contribution < 1.29 is 47.3 Å². The Kier molecular flexibility index (Phi) is 15.1. The number of rotatable bonds is 8. The van der Waals surface area contributed by atoms with Crippen LogP contribution < -0.4 is 0 Å². The molecule has 0 saturated carbocycles. The SMILES string of the molecule is CC(C)(C)OC(=O)N1C[C@H](CO[Si](C)(C)C(C)(C)C)[C@@H](C(=O)O)C1.COC(=O)[C@H]1CN(C(=O)OC(C)(C)C)C[C@@H]1CO[Si](C)(C)C(C)(C)C. The number of ether oxygens (including phenoxy) is 3. The van der Waals surface area contributed by atoms with E-state index >= 15 is 0 Å². The minimum absolute atomic E-state index is 0.0647. The Morgan fingerprint density at radius 2 is 0.939 bits per heavy atom. The molecule has 0 aromatic heterocycles. The fraction of sp³-hybridized carbons (Fsp3) is 0.886. The number of esters is 1. The van der Waals surface area contributed by atoms with Crippen molar-refractivity contribution in [2.45, 2.75) is 131 Å². The van der Waals surface area contributed by atoms with Crippen LogP contribution in [0, 0.1) is 23.7 Å². The smallest absolute Gasteiger partial charge is 0.410 e. The number of likely N-dealkylation sites (tertiary alicyclic amines) is 2. The lowest BCUT2D eigenvalue weighted by atomic mass is 9.97. The topological polar surface area (TPSA) is 141 Å². The predicted molar refractivity (Wildman–Crippen MR) is 196 cm³/mol. The second kappa shape index (κ2) is 16.5. The average Bonchev–Trinajstić information content (AvgIpc) is 3.53. The Balaban J connectivity index is 0.000000490. The number of carbonyl (C=O) groups excluding carboxylic acids is 3. The average molecular weight is 733 g/mol. The minimum atomic E-state index is -1.95. The monoisotopic (exact) mass is 732 g/mol. The van der Waals surface area contributed by atoms with Crippen LogP contribution in [-0.2, 0) is 32.7 Å². The molecule has 2 saturated heterocycles. The molecule has 0 aromatic rings. The fourth-order valence-corrected chi connectivity index (χ4v) is 6.92. The van der Waals surface area contributed by atoms with E-state index in [9.17, 15) is 24.3 Å². The first-order valence-electron chi connectivity index (χ1n) is 17.4. The van der Waals surface area contributed by atoms with Crippen molar-refractivity contribution in [2.24, 2.45) is 23.7 Å². The van der Waals surface area contributed by atoms with Gasteiger partial charge in [0.05, 0.1) is 18.9 Å². The first-order valence-corrected chi connectivity index (χ1v) is 23.2. The maximum absolute atomic E-state index is 12.3. The van der Waals surface area contributed by atoms with Gasteiger partial charge in [-0.3, -0.25) is 9.59 Å². The summed E-state index contributed by atoms with van der Waals surface area (Å²) in [5, 5.41) is 9.64. The van der Waals surface area contributed by atoms with Crippen molar-refractivity contribution in [1.82, 2.24) is 9.80 Å². The molecule has 2 aliphatic heterocycles. The molecule has 0 bridgehead atoms. The van der Waals surface area contributed by atoms with E-state index in [-0.39, 0.29) is 40.3 Å². The highest BCUT2D eigenvalue weighted by molar-refractivity contribution is 6.74. The van der Waals surface area contributed by atoms with Crippen LogP contribution in [0.2, 0.25) is 36.3 Å². The molecule has 14 heteroatoms. The number of carboxylic acids is 1. The van der Waals surface area contributed by atoms with E-state index in [2.05, 4.69) is 67.7 Å². The van der Waals surface area contributed by atoms with Crippen LogP contribution in [0.3, 0.4) is 0 Å². The van der Waals surface area contributed by atoms with E-state index in [1.807, 2.05) is 20.8 Å². The van der Waals surface area contributed by atoms with Crippen molar-refractivity contribution in [3.8, 4) is 0 Å². The molecule has 286 valence electrons. The highest BCUT2D eigenvalue weighted by Gasteiger charge is 2.46. The molecule has 12 nitrogen and oxygen atoms in total. The van der Waals surface area contributed by atoms with Gasteiger partial charge < -0.3 is 38.0 Å². The summed E-state index contributed by atoms with van der Waals surface area (Å²) in [6, 6.07) is 0. The largest absolute Gasteiger partial charge is 0.481 e. The molecular formula is C35H68N2O10Si2. The van der Waals surface area contributed by atoms with E-state index in [0.717, 1.165) is 0 Å². The number of carboxylic acid groups (broad SMARTS) is 1. The molecule has 0 aromatic carbocycles. The van der Waals surface area contributed by atoms with Crippen LogP contribution >= 0.6 is 0 Å². The molecule has 2 fully saturated rings. The van der Waals surface area contributed by atoms with Crippen molar-refractivity contribution in [3.05, 3.63) is 0 Å². The van der Waals surface area contributed by atoms with Gasteiger partial charge in [-0.1, -0.05) is 41.5 Å². The lowest BCUT2D eigenvalue weighted by Gasteiger charge is -2.37. The zero-order chi connectivity index (χ0) is 38.6. The third kappa shape index (κ3) is 13.8. The van der Waals surface area contributed by atoms with E-state index in [4.69, 9.17) is 23.1 Å². The first kappa shape index (κ1) is 44.9. The van der Waals surface area contributed by atoms with E-state index in [1.165, 1.54) is 12.0 Å². The van der Waals surface area contributed by atoms with Crippen LogP contribution in [0.25, 0.3) is 0 Å². The second-order valence-electron chi connectivity index (χ2n) is 18.5. The molecule has 2 amide bonds. The van der Waals surface area contributed by atoms with E-state index in [0.29, 0.717) is 32.8 Å². The van der Waals surface area contributed by atoms with Crippen LogP contribution in [-0.4, -0.2) is 113 Å². The lowest BCUT2D eigenvalue weighted by Crippen LogP contribution is -2.43. The molecule has 0 radical (unpaired) electrons. The Labute approximate surface area is 298 Å². The third-order valence-corrected chi connectivity index (χ3v) is 18.9. The normalized spacial score (nSPS) is 22.3. The zero-order valence-electron chi connectivity index (χ0n) is 33.6. The van der Waals surface area contributed by atoms with Crippen LogP contribution in [0.5, 0.6) is 0 Å². The Hall–Kier alpha value is -2.17. The Morgan fingerprint density at radius 3 is 1.22 bits per heavy atom. The number of nitrogens with zero attached hydrogens (tertiary/aromatic N) is 2. The van der Waals surface area contributed by atoms with Gasteiger partial charge in [-0.25, -0.2) is 9.59 Å². The van der Waals surface area contributed by atoms with Gasteiger partial charge in [-0.15, -0.1) is 0 Å². The van der Waals surface area contributed by atoms with Gasteiger partial charge in [-0.2, -0.15) is 0 Å². The number of carbonyl (C=O) groups is 4.